The summed E-state index contributed by atoms with van der Waals surface area (Å²) in [6, 6.07) is 8.43. The minimum absolute atomic E-state index is 0.236. The van der Waals surface area contributed by atoms with Crippen LogP contribution in [0.25, 0.3) is 0 Å². The first-order valence-electron chi connectivity index (χ1n) is 6.59. The van der Waals surface area contributed by atoms with Crippen molar-refractivity contribution in [2.75, 3.05) is 0 Å². The first kappa shape index (κ1) is 15.0. The van der Waals surface area contributed by atoms with Gasteiger partial charge in [0.2, 0.25) is 8.32 Å². The van der Waals surface area contributed by atoms with E-state index in [1.54, 1.807) is 0 Å². The summed E-state index contributed by atoms with van der Waals surface area (Å²) in [5.74, 6) is 1.38. The Balaban J connectivity index is 2.85. The fourth-order valence-corrected chi connectivity index (χ4v) is 2.45. The fourth-order valence-electron chi connectivity index (χ4n) is 1.42. The van der Waals surface area contributed by atoms with Crippen molar-refractivity contribution in [3.63, 3.8) is 0 Å². The molecule has 0 N–H and O–H groups in total. The molecule has 0 spiro atoms. The zero-order valence-corrected chi connectivity index (χ0v) is 13.6. The van der Waals surface area contributed by atoms with Gasteiger partial charge < -0.3 is 4.43 Å². The molecule has 0 heterocycles. The molecule has 18 heavy (non-hydrogen) atoms. The largest absolute Gasteiger partial charge is 0.544 e. The zero-order chi connectivity index (χ0) is 14.0. The molecule has 1 aromatic carbocycles. The van der Waals surface area contributed by atoms with E-state index in [2.05, 4.69) is 71.6 Å². The van der Waals surface area contributed by atoms with Gasteiger partial charge in [-0.1, -0.05) is 45.9 Å². The minimum Gasteiger partial charge on any atom is -0.544 e. The number of rotatable bonds is 4. The molecule has 0 aliphatic rings. The van der Waals surface area contributed by atoms with Crippen molar-refractivity contribution in [3.05, 3.63) is 42.5 Å². The summed E-state index contributed by atoms with van der Waals surface area (Å²) >= 11 is 0. The van der Waals surface area contributed by atoms with Crippen LogP contribution in [0.15, 0.2) is 36.9 Å². The summed E-state index contributed by atoms with van der Waals surface area (Å²) in [6.45, 7) is 17.3. The predicted octanol–water partition coefficient (Wildman–Crippen LogP) is 5.36. The van der Waals surface area contributed by atoms with Gasteiger partial charge in [-0.05, 0) is 41.7 Å². The summed E-state index contributed by atoms with van der Waals surface area (Å²) in [5.41, 5.74) is 1.28. The molecule has 100 valence electrons. The maximum absolute atomic E-state index is 6.25. The van der Waals surface area contributed by atoms with Gasteiger partial charge in [-0.3, -0.25) is 0 Å². The third-order valence-corrected chi connectivity index (χ3v) is 8.30. The minimum atomic E-state index is -1.72. The molecule has 1 aromatic rings. The van der Waals surface area contributed by atoms with Gasteiger partial charge in [-0.2, -0.15) is 0 Å². The van der Waals surface area contributed by atoms with E-state index in [9.17, 15) is 0 Å². The summed E-state index contributed by atoms with van der Waals surface area (Å²) in [4.78, 5) is 0. The Bertz CT molecular complexity index is 398. The van der Waals surface area contributed by atoms with E-state index < -0.39 is 8.32 Å². The lowest BCUT2D eigenvalue weighted by atomic mass is 10.0. The van der Waals surface area contributed by atoms with Gasteiger partial charge in [0.05, 0.1) is 0 Å². The first-order chi connectivity index (χ1) is 8.17. The average Bonchev–Trinajstić information content (AvgIpc) is 2.27. The Kier molecular flexibility index (Phi) is 4.44. The highest BCUT2D eigenvalue weighted by Crippen LogP contribution is 2.37. The standard InChI is InChI=1S/C16H26OSi/c1-8-13(2)14-9-11-15(12-10-14)17-18(6,7)16(3,4)5/h8-13H,1H2,2-7H3. The van der Waals surface area contributed by atoms with Crippen LogP contribution in [0.5, 0.6) is 5.75 Å². The quantitative estimate of drug-likeness (QED) is 0.524. The Morgan fingerprint density at radius 1 is 1.17 bits per heavy atom. The molecule has 0 fully saturated rings. The number of hydrogen-bond acceptors (Lipinski definition) is 1. The maximum atomic E-state index is 6.25. The summed E-state index contributed by atoms with van der Waals surface area (Å²) in [5, 5.41) is 0.236. The molecule has 0 bridgehead atoms. The van der Waals surface area contributed by atoms with E-state index in [1.807, 2.05) is 6.08 Å². The molecule has 1 unspecified atom stereocenters. The highest BCUT2D eigenvalue weighted by molar-refractivity contribution is 6.74. The highest BCUT2D eigenvalue weighted by atomic mass is 28.4. The van der Waals surface area contributed by atoms with Crippen LogP contribution in [0.4, 0.5) is 0 Å². The maximum Gasteiger partial charge on any atom is 0.250 e. The summed E-state index contributed by atoms with van der Waals surface area (Å²) in [7, 11) is -1.72. The molecule has 0 saturated heterocycles. The van der Waals surface area contributed by atoms with E-state index in [0.717, 1.165) is 5.75 Å². The molecule has 0 saturated carbocycles. The lowest BCUT2D eigenvalue weighted by molar-refractivity contribution is 0.492. The molecular formula is C16H26OSi. The predicted molar refractivity (Wildman–Crippen MR) is 82.9 cm³/mol. The van der Waals surface area contributed by atoms with Gasteiger partial charge in [0.15, 0.2) is 0 Å². The fraction of sp³-hybridized carbons (Fsp3) is 0.500. The topological polar surface area (TPSA) is 9.23 Å². The lowest BCUT2D eigenvalue weighted by Crippen LogP contribution is -2.43. The van der Waals surface area contributed by atoms with Crippen LogP contribution >= 0.6 is 0 Å². The monoisotopic (exact) mass is 262 g/mol. The first-order valence-corrected chi connectivity index (χ1v) is 9.50. The second-order valence-corrected chi connectivity index (χ2v) is 11.2. The Hall–Kier alpha value is -1.02. The number of benzene rings is 1. The van der Waals surface area contributed by atoms with E-state index in [1.165, 1.54) is 5.56 Å². The van der Waals surface area contributed by atoms with Crippen molar-refractivity contribution < 1.29 is 4.43 Å². The SMILES string of the molecule is C=CC(C)c1ccc(O[Si](C)(C)C(C)(C)C)cc1. The van der Waals surface area contributed by atoms with E-state index in [0.29, 0.717) is 5.92 Å². The molecule has 1 atom stereocenters. The average molecular weight is 262 g/mol. The Morgan fingerprint density at radius 2 is 1.67 bits per heavy atom. The molecule has 0 amide bonds. The van der Waals surface area contributed by atoms with Gasteiger partial charge in [0.1, 0.15) is 5.75 Å². The van der Waals surface area contributed by atoms with Crippen LogP contribution in [0.2, 0.25) is 18.1 Å². The van der Waals surface area contributed by atoms with Crippen molar-refractivity contribution >= 4 is 8.32 Å². The molecule has 0 aliphatic carbocycles. The Labute approximate surface area is 113 Å². The normalized spacial score (nSPS) is 14.1. The lowest BCUT2D eigenvalue weighted by Gasteiger charge is -2.36. The van der Waals surface area contributed by atoms with Gasteiger partial charge in [-0.25, -0.2) is 0 Å². The number of allylic oxidation sites excluding steroid dienone is 1. The van der Waals surface area contributed by atoms with Crippen LogP contribution in [0.3, 0.4) is 0 Å². The van der Waals surface area contributed by atoms with Crippen molar-refractivity contribution in [1.82, 2.24) is 0 Å². The van der Waals surface area contributed by atoms with Crippen molar-refractivity contribution in [2.45, 2.75) is 51.7 Å². The van der Waals surface area contributed by atoms with E-state index in [4.69, 9.17) is 4.43 Å². The second-order valence-electron chi connectivity index (χ2n) is 6.46. The van der Waals surface area contributed by atoms with Gasteiger partial charge >= 0.3 is 0 Å². The van der Waals surface area contributed by atoms with Crippen LogP contribution in [-0.2, 0) is 0 Å². The van der Waals surface area contributed by atoms with Crippen LogP contribution in [-0.4, -0.2) is 8.32 Å². The van der Waals surface area contributed by atoms with Crippen LogP contribution in [0, 0.1) is 0 Å². The molecule has 1 rings (SSSR count). The van der Waals surface area contributed by atoms with Crippen molar-refractivity contribution in [1.29, 1.82) is 0 Å². The smallest absolute Gasteiger partial charge is 0.250 e. The molecule has 0 aliphatic heterocycles. The van der Waals surface area contributed by atoms with Crippen LogP contribution < -0.4 is 4.43 Å². The van der Waals surface area contributed by atoms with Gasteiger partial charge in [-0.15, -0.1) is 6.58 Å². The van der Waals surface area contributed by atoms with E-state index in [-0.39, 0.29) is 5.04 Å². The summed E-state index contributed by atoms with van der Waals surface area (Å²) < 4.78 is 6.25. The molecule has 1 nitrogen and oxygen atoms in total. The number of hydrogen-bond donors (Lipinski definition) is 0. The van der Waals surface area contributed by atoms with Crippen LogP contribution in [0.1, 0.15) is 39.2 Å². The highest BCUT2D eigenvalue weighted by Gasteiger charge is 2.38. The summed E-state index contributed by atoms with van der Waals surface area (Å²) in [6.07, 6.45) is 1.96. The zero-order valence-electron chi connectivity index (χ0n) is 12.6. The van der Waals surface area contributed by atoms with Crippen molar-refractivity contribution in [2.24, 2.45) is 0 Å². The van der Waals surface area contributed by atoms with E-state index >= 15 is 0 Å². The molecule has 0 radical (unpaired) electrons. The van der Waals surface area contributed by atoms with Gasteiger partial charge in [0.25, 0.3) is 0 Å². The molecular weight excluding hydrogens is 236 g/mol. The Morgan fingerprint density at radius 3 is 2.06 bits per heavy atom. The third kappa shape index (κ3) is 3.48. The molecule has 2 heteroatoms. The van der Waals surface area contributed by atoms with Crippen molar-refractivity contribution in [3.8, 4) is 5.75 Å². The van der Waals surface area contributed by atoms with Gasteiger partial charge in [0, 0.05) is 0 Å². The molecule has 0 aromatic heterocycles. The third-order valence-electron chi connectivity index (χ3n) is 3.94. The second kappa shape index (κ2) is 5.31.